The zero-order chi connectivity index (χ0) is 12.3. The molecule has 0 radical (unpaired) electrons. The molecular weight excluding hydrogens is 218 g/mol. The Labute approximate surface area is 91.1 Å². The summed E-state index contributed by atoms with van der Waals surface area (Å²) in [5, 5.41) is 8.44. The van der Waals surface area contributed by atoms with Crippen molar-refractivity contribution in [2.75, 3.05) is 19.3 Å². The summed E-state index contributed by atoms with van der Waals surface area (Å²) in [6, 6.07) is 0. The fourth-order valence-corrected chi connectivity index (χ4v) is 2.73. The van der Waals surface area contributed by atoms with E-state index in [1.54, 1.807) is 0 Å². The third-order valence-corrected chi connectivity index (χ3v) is 4.09. The van der Waals surface area contributed by atoms with E-state index in [0.717, 1.165) is 4.31 Å². The standard InChI is InChI=1S/C9H19NO4S/c1-9(2,3)7-15(13,14)10(4)6-5-8(11)12/h5-7H2,1-4H3,(H,11,12). The first-order valence-corrected chi connectivity index (χ1v) is 6.31. The average Bonchev–Trinajstić information content (AvgIpc) is 1.94. The number of hydrogen-bond donors (Lipinski definition) is 1. The first-order chi connectivity index (χ1) is 6.54. The molecular formula is C9H19NO4S. The third kappa shape index (κ3) is 6.46. The maximum Gasteiger partial charge on any atom is 0.304 e. The first-order valence-electron chi connectivity index (χ1n) is 4.70. The highest BCUT2D eigenvalue weighted by Gasteiger charge is 2.25. The van der Waals surface area contributed by atoms with E-state index in [0.29, 0.717) is 0 Å². The molecule has 0 aromatic rings. The fraction of sp³-hybridized carbons (Fsp3) is 0.889. The van der Waals surface area contributed by atoms with Crippen molar-refractivity contribution in [3.8, 4) is 0 Å². The van der Waals surface area contributed by atoms with Crippen LogP contribution in [0.25, 0.3) is 0 Å². The molecule has 0 amide bonds. The van der Waals surface area contributed by atoms with Crippen LogP contribution in [0, 0.1) is 5.41 Å². The molecule has 0 atom stereocenters. The van der Waals surface area contributed by atoms with Gasteiger partial charge in [-0.1, -0.05) is 20.8 Å². The predicted molar refractivity (Wildman–Crippen MR) is 58.1 cm³/mol. The molecule has 15 heavy (non-hydrogen) atoms. The Balaban J connectivity index is 4.40. The minimum absolute atomic E-state index is 0.0216. The summed E-state index contributed by atoms with van der Waals surface area (Å²) in [5.74, 6) is -0.969. The minimum Gasteiger partial charge on any atom is -0.481 e. The zero-order valence-electron chi connectivity index (χ0n) is 9.65. The van der Waals surface area contributed by atoms with E-state index in [4.69, 9.17) is 5.11 Å². The Morgan fingerprint density at radius 1 is 1.33 bits per heavy atom. The van der Waals surface area contributed by atoms with Crippen molar-refractivity contribution in [3.05, 3.63) is 0 Å². The summed E-state index contributed by atoms with van der Waals surface area (Å²) >= 11 is 0. The van der Waals surface area contributed by atoms with Crippen LogP contribution < -0.4 is 0 Å². The van der Waals surface area contributed by atoms with Gasteiger partial charge in [-0.3, -0.25) is 4.79 Å². The lowest BCUT2D eigenvalue weighted by Crippen LogP contribution is -2.35. The van der Waals surface area contributed by atoms with Crippen LogP contribution in [0.1, 0.15) is 27.2 Å². The van der Waals surface area contributed by atoms with Crippen molar-refractivity contribution in [1.82, 2.24) is 4.31 Å². The quantitative estimate of drug-likeness (QED) is 0.766. The maximum atomic E-state index is 11.7. The van der Waals surface area contributed by atoms with Gasteiger partial charge in [-0.15, -0.1) is 0 Å². The molecule has 0 aliphatic carbocycles. The topological polar surface area (TPSA) is 74.7 Å². The van der Waals surface area contributed by atoms with Crippen LogP contribution in [-0.2, 0) is 14.8 Å². The number of carboxylic acids is 1. The summed E-state index contributed by atoms with van der Waals surface area (Å²) in [5.41, 5.74) is -0.323. The van der Waals surface area contributed by atoms with E-state index in [1.165, 1.54) is 7.05 Å². The van der Waals surface area contributed by atoms with E-state index in [1.807, 2.05) is 20.8 Å². The zero-order valence-corrected chi connectivity index (χ0v) is 10.5. The Hall–Kier alpha value is -0.620. The smallest absolute Gasteiger partial charge is 0.304 e. The molecule has 0 bridgehead atoms. The summed E-state index contributed by atoms with van der Waals surface area (Å²) in [6.45, 7) is 5.51. The molecule has 0 saturated carbocycles. The number of rotatable bonds is 5. The van der Waals surface area contributed by atoms with Gasteiger partial charge in [-0.05, 0) is 5.41 Å². The van der Waals surface area contributed by atoms with Crippen LogP contribution in [0.3, 0.4) is 0 Å². The molecule has 6 heteroatoms. The maximum absolute atomic E-state index is 11.7. The highest BCUT2D eigenvalue weighted by Crippen LogP contribution is 2.17. The Bertz CT molecular complexity index is 315. The second-order valence-corrected chi connectivity index (χ2v) is 6.86. The number of carbonyl (C=O) groups is 1. The second-order valence-electron chi connectivity index (χ2n) is 4.78. The average molecular weight is 237 g/mol. The molecule has 0 saturated heterocycles. The number of sulfonamides is 1. The molecule has 0 heterocycles. The van der Waals surface area contributed by atoms with E-state index in [-0.39, 0.29) is 24.1 Å². The Morgan fingerprint density at radius 3 is 2.13 bits per heavy atom. The van der Waals surface area contributed by atoms with Crippen molar-refractivity contribution < 1.29 is 18.3 Å². The van der Waals surface area contributed by atoms with Gasteiger partial charge in [0.2, 0.25) is 10.0 Å². The van der Waals surface area contributed by atoms with Crippen LogP contribution >= 0.6 is 0 Å². The number of aliphatic carboxylic acids is 1. The second kappa shape index (κ2) is 4.94. The monoisotopic (exact) mass is 237 g/mol. The van der Waals surface area contributed by atoms with E-state index in [9.17, 15) is 13.2 Å². The van der Waals surface area contributed by atoms with Crippen LogP contribution in [0.5, 0.6) is 0 Å². The molecule has 1 N–H and O–H groups in total. The van der Waals surface area contributed by atoms with E-state index >= 15 is 0 Å². The molecule has 0 aliphatic rings. The van der Waals surface area contributed by atoms with E-state index < -0.39 is 16.0 Å². The molecule has 90 valence electrons. The van der Waals surface area contributed by atoms with Crippen LogP contribution in [0.4, 0.5) is 0 Å². The van der Waals surface area contributed by atoms with Crippen molar-refractivity contribution in [2.45, 2.75) is 27.2 Å². The number of hydrogen-bond acceptors (Lipinski definition) is 3. The van der Waals surface area contributed by atoms with Crippen molar-refractivity contribution in [3.63, 3.8) is 0 Å². The molecule has 5 nitrogen and oxygen atoms in total. The third-order valence-electron chi connectivity index (χ3n) is 1.73. The van der Waals surface area contributed by atoms with Gasteiger partial charge >= 0.3 is 5.97 Å². The van der Waals surface area contributed by atoms with Crippen molar-refractivity contribution >= 4 is 16.0 Å². The van der Waals surface area contributed by atoms with Gasteiger partial charge in [0, 0.05) is 13.6 Å². The fourth-order valence-electron chi connectivity index (χ4n) is 1.05. The molecule has 0 spiro atoms. The lowest BCUT2D eigenvalue weighted by molar-refractivity contribution is -0.137. The van der Waals surface area contributed by atoms with Crippen molar-refractivity contribution in [2.24, 2.45) is 5.41 Å². The summed E-state index contributed by atoms with van der Waals surface area (Å²) < 4.78 is 24.5. The molecule has 0 rings (SSSR count). The highest BCUT2D eigenvalue weighted by atomic mass is 32.2. The van der Waals surface area contributed by atoms with Gasteiger partial charge in [0.1, 0.15) is 0 Å². The van der Waals surface area contributed by atoms with Gasteiger partial charge in [0.15, 0.2) is 0 Å². The van der Waals surface area contributed by atoms with Gasteiger partial charge in [-0.25, -0.2) is 12.7 Å². The molecule has 0 aliphatic heterocycles. The van der Waals surface area contributed by atoms with E-state index in [2.05, 4.69) is 0 Å². The summed E-state index contributed by atoms with van der Waals surface area (Å²) in [4.78, 5) is 10.3. The van der Waals surface area contributed by atoms with Crippen molar-refractivity contribution in [1.29, 1.82) is 0 Å². The lowest BCUT2D eigenvalue weighted by Gasteiger charge is -2.23. The summed E-state index contributed by atoms with van der Waals surface area (Å²) in [6.07, 6.45) is -0.167. The summed E-state index contributed by atoms with van der Waals surface area (Å²) in [7, 11) is -1.94. The SMILES string of the molecule is CN(CCC(=O)O)S(=O)(=O)CC(C)(C)C. The number of carboxylic acid groups (broad SMARTS) is 1. The molecule has 0 aromatic carbocycles. The minimum atomic E-state index is -3.34. The lowest BCUT2D eigenvalue weighted by atomic mass is 10.0. The molecule has 0 aromatic heterocycles. The van der Waals surface area contributed by atoms with Gasteiger partial charge in [0.25, 0.3) is 0 Å². The molecule has 0 unspecified atom stereocenters. The predicted octanol–water partition coefficient (Wildman–Crippen LogP) is 0.769. The van der Waals surface area contributed by atoms with Crippen LogP contribution in [0.2, 0.25) is 0 Å². The van der Waals surface area contributed by atoms with Gasteiger partial charge in [0.05, 0.1) is 12.2 Å². The molecule has 0 fully saturated rings. The highest BCUT2D eigenvalue weighted by molar-refractivity contribution is 7.89. The first kappa shape index (κ1) is 14.4. The Morgan fingerprint density at radius 2 is 1.80 bits per heavy atom. The van der Waals surface area contributed by atoms with Gasteiger partial charge in [-0.2, -0.15) is 0 Å². The Kier molecular flexibility index (Phi) is 4.73. The largest absolute Gasteiger partial charge is 0.481 e. The van der Waals surface area contributed by atoms with Gasteiger partial charge < -0.3 is 5.11 Å². The van der Waals surface area contributed by atoms with Crippen LogP contribution in [-0.4, -0.2) is 43.1 Å². The number of nitrogens with zero attached hydrogens (tertiary/aromatic N) is 1. The van der Waals surface area contributed by atoms with Crippen LogP contribution in [0.15, 0.2) is 0 Å². The normalized spacial score (nSPS) is 13.1.